The van der Waals surface area contributed by atoms with Crippen LogP contribution in [-0.2, 0) is 10.0 Å². The van der Waals surface area contributed by atoms with Gasteiger partial charge >= 0.3 is 0 Å². The summed E-state index contributed by atoms with van der Waals surface area (Å²) in [6, 6.07) is 0. The summed E-state index contributed by atoms with van der Waals surface area (Å²) in [7, 11) is -1.33. The second-order valence-corrected chi connectivity index (χ2v) is 7.36. The average molecular weight is 293 g/mol. The molecule has 0 bridgehead atoms. The summed E-state index contributed by atoms with van der Waals surface area (Å²) in [4.78, 5) is 2.31. The number of sulfonamides is 1. The third kappa shape index (κ3) is 4.46. The van der Waals surface area contributed by atoms with Crippen molar-refractivity contribution < 1.29 is 8.42 Å². The van der Waals surface area contributed by atoms with Gasteiger partial charge in [-0.05, 0) is 45.3 Å². The molecule has 0 saturated carbocycles. The molecule has 1 saturated heterocycles. The smallest absolute Gasteiger partial charge is 0.221 e. The summed E-state index contributed by atoms with van der Waals surface area (Å²) in [6.45, 7) is 4.33. The molecule has 1 aliphatic rings. The molecule has 106 valence electrons. The molecule has 0 aromatic rings. The van der Waals surface area contributed by atoms with Gasteiger partial charge in [0.15, 0.2) is 0 Å². The van der Waals surface area contributed by atoms with E-state index in [0.29, 0.717) is 18.9 Å². The Morgan fingerprint density at radius 1 is 1.50 bits per heavy atom. The Hall–Kier alpha value is -0.240. The highest BCUT2D eigenvalue weighted by Crippen LogP contribution is 2.15. The normalized spacial score (nSPS) is 20.8. The first-order chi connectivity index (χ1) is 8.36. The molecule has 1 fully saturated rings. The van der Waals surface area contributed by atoms with E-state index in [-0.39, 0.29) is 4.99 Å². The van der Waals surface area contributed by atoms with Gasteiger partial charge in [-0.15, -0.1) is 0 Å². The van der Waals surface area contributed by atoms with E-state index in [0.717, 1.165) is 25.9 Å². The molecular weight excluding hydrogens is 270 g/mol. The summed E-state index contributed by atoms with van der Waals surface area (Å²) >= 11 is 4.80. The van der Waals surface area contributed by atoms with Gasteiger partial charge in [-0.1, -0.05) is 19.1 Å². The lowest BCUT2D eigenvalue weighted by atomic mass is 9.98. The van der Waals surface area contributed by atoms with Gasteiger partial charge in [0.25, 0.3) is 0 Å². The number of nitrogens with zero attached hydrogens (tertiary/aromatic N) is 1. The van der Waals surface area contributed by atoms with Gasteiger partial charge in [0.1, 0.15) is 5.25 Å². The van der Waals surface area contributed by atoms with Crippen molar-refractivity contribution >= 4 is 27.2 Å². The molecular formula is C11H23N3O2S2. The number of piperidine rings is 1. The van der Waals surface area contributed by atoms with Gasteiger partial charge in [0.2, 0.25) is 10.0 Å². The fraction of sp³-hybridized carbons (Fsp3) is 0.909. The van der Waals surface area contributed by atoms with Crippen LogP contribution in [-0.4, -0.2) is 50.2 Å². The zero-order valence-electron chi connectivity index (χ0n) is 11.1. The minimum Gasteiger partial charge on any atom is -0.392 e. The van der Waals surface area contributed by atoms with Crippen molar-refractivity contribution in [1.82, 2.24) is 9.62 Å². The highest BCUT2D eigenvalue weighted by Gasteiger charge is 2.27. The molecule has 1 atom stereocenters. The number of nitrogens with one attached hydrogen (secondary N) is 1. The first-order valence-electron chi connectivity index (χ1n) is 6.33. The SMILES string of the molecule is CCC(C(N)=S)S(=O)(=O)NCC1CCN(C)CC1. The lowest BCUT2D eigenvalue weighted by Crippen LogP contribution is -2.44. The fourth-order valence-electron chi connectivity index (χ4n) is 2.17. The van der Waals surface area contributed by atoms with Crippen LogP contribution in [0.4, 0.5) is 0 Å². The Balaban J connectivity index is 2.49. The van der Waals surface area contributed by atoms with Gasteiger partial charge in [-0.2, -0.15) is 0 Å². The molecule has 0 radical (unpaired) electrons. The first kappa shape index (κ1) is 15.8. The standard InChI is InChI=1S/C11H23N3O2S2/c1-3-10(11(12)17)18(15,16)13-8-9-4-6-14(2)7-5-9/h9-10,13H,3-8H2,1-2H3,(H2,12,17). The number of hydrogen-bond donors (Lipinski definition) is 2. The number of hydrogen-bond acceptors (Lipinski definition) is 4. The van der Waals surface area contributed by atoms with Gasteiger partial charge in [0.05, 0.1) is 4.99 Å². The predicted octanol–water partition coefficient (Wildman–Crippen LogP) is 0.312. The van der Waals surface area contributed by atoms with Crippen LogP contribution in [0.25, 0.3) is 0 Å². The van der Waals surface area contributed by atoms with Crippen LogP contribution in [0, 0.1) is 5.92 Å². The molecule has 1 rings (SSSR count). The van der Waals surface area contributed by atoms with E-state index in [9.17, 15) is 8.42 Å². The molecule has 0 amide bonds. The van der Waals surface area contributed by atoms with Crippen LogP contribution in [0.1, 0.15) is 26.2 Å². The third-order valence-corrected chi connectivity index (χ3v) is 5.81. The van der Waals surface area contributed by atoms with Crippen LogP contribution in [0.3, 0.4) is 0 Å². The largest absolute Gasteiger partial charge is 0.392 e. The highest BCUT2D eigenvalue weighted by atomic mass is 32.2. The van der Waals surface area contributed by atoms with Crippen molar-refractivity contribution in [3.63, 3.8) is 0 Å². The Morgan fingerprint density at radius 2 is 2.06 bits per heavy atom. The summed E-state index contributed by atoms with van der Waals surface area (Å²) in [6.07, 6.45) is 2.48. The quantitative estimate of drug-likeness (QED) is 0.690. The van der Waals surface area contributed by atoms with Crippen molar-refractivity contribution in [1.29, 1.82) is 0 Å². The summed E-state index contributed by atoms with van der Waals surface area (Å²) in [5.74, 6) is 0.417. The van der Waals surface area contributed by atoms with E-state index in [2.05, 4.69) is 16.7 Å². The maximum atomic E-state index is 12.0. The maximum Gasteiger partial charge on any atom is 0.221 e. The zero-order valence-corrected chi connectivity index (χ0v) is 12.7. The third-order valence-electron chi connectivity index (χ3n) is 3.47. The maximum absolute atomic E-state index is 12.0. The Bertz CT molecular complexity index is 376. The van der Waals surface area contributed by atoms with Gasteiger partial charge in [-0.25, -0.2) is 13.1 Å². The summed E-state index contributed by atoms with van der Waals surface area (Å²) < 4.78 is 26.7. The molecule has 0 aromatic carbocycles. The molecule has 1 aliphatic heterocycles. The number of nitrogens with two attached hydrogens (primary N) is 1. The van der Waals surface area contributed by atoms with Gasteiger partial charge < -0.3 is 10.6 Å². The molecule has 1 heterocycles. The van der Waals surface area contributed by atoms with E-state index >= 15 is 0 Å². The Labute approximate surface area is 115 Å². The number of thiocarbonyl (C=S) groups is 1. The summed E-state index contributed by atoms with van der Waals surface area (Å²) in [5.41, 5.74) is 5.47. The number of likely N-dealkylation sites (tertiary alicyclic amines) is 1. The van der Waals surface area contributed by atoms with E-state index in [1.807, 2.05) is 0 Å². The molecule has 0 spiro atoms. The highest BCUT2D eigenvalue weighted by molar-refractivity contribution is 7.93. The number of rotatable bonds is 6. The van der Waals surface area contributed by atoms with Crippen LogP contribution in [0.5, 0.6) is 0 Å². The van der Waals surface area contributed by atoms with Crippen LogP contribution >= 0.6 is 12.2 Å². The lowest BCUT2D eigenvalue weighted by Gasteiger charge is -2.29. The second-order valence-electron chi connectivity index (χ2n) is 4.94. The van der Waals surface area contributed by atoms with Gasteiger partial charge in [-0.3, -0.25) is 0 Å². The fourth-order valence-corrected chi connectivity index (χ4v) is 4.13. The van der Waals surface area contributed by atoms with E-state index in [1.165, 1.54) is 0 Å². The Kier molecular flexibility index (Phi) is 5.97. The lowest BCUT2D eigenvalue weighted by molar-refractivity contribution is 0.220. The molecule has 0 aliphatic carbocycles. The van der Waals surface area contributed by atoms with Crippen LogP contribution in [0.2, 0.25) is 0 Å². The van der Waals surface area contributed by atoms with Crippen LogP contribution < -0.4 is 10.5 Å². The molecule has 3 N–H and O–H groups in total. The summed E-state index contributed by atoms with van der Waals surface area (Å²) in [5, 5.41) is -0.751. The van der Waals surface area contributed by atoms with E-state index < -0.39 is 15.3 Å². The van der Waals surface area contributed by atoms with Crippen LogP contribution in [0.15, 0.2) is 0 Å². The van der Waals surface area contributed by atoms with Crippen molar-refractivity contribution in [2.24, 2.45) is 11.7 Å². The monoisotopic (exact) mass is 293 g/mol. The van der Waals surface area contributed by atoms with Gasteiger partial charge in [0, 0.05) is 6.54 Å². The molecule has 0 aromatic heterocycles. The van der Waals surface area contributed by atoms with Crippen molar-refractivity contribution in [2.75, 3.05) is 26.7 Å². The molecule has 7 heteroatoms. The second kappa shape index (κ2) is 6.79. The topological polar surface area (TPSA) is 75.4 Å². The zero-order chi connectivity index (χ0) is 13.8. The minimum atomic E-state index is -3.41. The predicted molar refractivity (Wildman–Crippen MR) is 78.0 cm³/mol. The van der Waals surface area contributed by atoms with Crippen molar-refractivity contribution in [2.45, 2.75) is 31.4 Å². The average Bonchev–Trinajstić information content (AvgIpc) is 2.28. The Morgan fingerprint density at radius 3 is 2.50 bits per heavy atom. The van der Waals surface area contributed by atoms with E-state index in [4.69, 9.17) is 18.0 Å². The minimum absolute atomic E-state index is 0.0494. The van der Waals surface area contributed by atoms with Crippen molar-refractivity contribution in [3.05, 3.63) is 0 Å². The first-order valence-corrected chi connectivity index (χ1v) is 8.28. The molecule has 5 nitrogen and oxygen atoms in total. The molecule has 18 heavy (non-hydrogen) atoms. The van der Waals surface area contributed by atoms with E-state index in [1.54, 1.807) is 6.92 Å². The molecule has 1 unspecified atom stereocenters. The van der Waals surface area contributed by atoms with Crippen molar-refractivity contribution in [3.8, 4) is 0 Å².